The molecule has 0 atom stereocenters. The molecular weight excluding hydrogens is 647 g/mol. The summed E-state index contributed by atoms with van der Waals surface area (Å²) in [5.41, 5.74) is 0.210. The smallest absolute Gasteiger partial charge is 1.00 e. The summed E-state index contributed by atoms with van der Waals surface area (Å²) in [5.74, 6) is 0. The summed E-state index contributed by atoms with van der Waals surface area (Å²) in [6.45, 7) is 29.7. The minimum Gasteiger partial charge on any atom is -1.00 e. The van der Waals surface area contributed by atoms with Gasteiger partial charge >= 0.3 is 41.9 Å². The van der Waals surface area contributed by atoms with E-state index in [-0.39, 0.29) is 30.2 Å². The molecule has 0 aliphatic heterocycles. The van der Waals surface area contributed by atoms with Crippen LogP contribution < -0.4 is 35.2 Å². The molecular formula is C26H52Cl2O2Si5Zr-2. The predicted molar refractivity (Wildman–Crippen MR) is 164 cm³/mol. The number of halogens is 2. The number of rotatable bonds is 10. The Labute approximate surface area is 255 Å². The maximum absolute atomic E-state index is 5.94. The van der Waals surface area contributed by atoms with E-state index in [0.29, 0.717) is 0 Å². The molecule has 0 bridgehead atoms. The van der Waals surface area contributed by atoms with Crippen LogP contribution in [0.3, 0.4) is 0 Å². The van der Waals surface area contributed by atoms with Crippen LogP contribution in [-0.4, -0.2) is 51.4 Å². The molecule has 0 spiro atoms. The van der Waals surface area contributed by atoms with Gasteiger partial charge < -0.3 is 33.7 Å². The maximum Gasteiger partial charge on any atom is -1.00 e. The van der Waals surface area contributed by atoms with Gasteiger partial charge in [0.15, 0.2) is 16.6 Å². The Bertz CT molecular complexity index is 731. The van der Waals surface area contributed by atoms with Crippen LogP contribution >= 0.6 is 0 Å². The van der Waals surface area contributed by atoms with E-state index in [1.54, 1.807) is 33.7 Å². The zero-order valence-corrected chi connectivity index (χ0v) is 34.0. The predicted octanol–water partition coefficient (Wildman–Crippen LogP) is 1.14. The van der Waals surface area contributed by atoms with E-state index in [9.17, 15) is 0 Å². The van der Waals surface area contributed by atoms with E-state index >= 15 is 0 Å². The van der Waals surface area contributed by atoms with E-state index in [2.05, 4.69) is 127 Å². The van der Waals surface area contributed by atoms with Gasteiger partial charge in [0.05, 0.1) is 16.1 Å². The molecule has 2 aromatic rings. The normalized spacial score (nSPS) is 11.7. The fraction of sp³-hybridized carbons (Fsp3) is 0.615. The van der Waals surface area contributed by atoms with Gasteiger partial charge in [-0.3, -0.25) is 0 Å². The van der Waals surface area contributed by atoms with Crippen molar-refractivity contribution >= 4 is 48.6 Å². The third kappa shape index (κ3) is 22.0. The van der Waals surface area contributed by atoms with Crippen LogP contribution in [0.25, 0.3) is 0 Å². The molecule has 0 saturated heterocycles. The monoisotopic (exact) mass is 696 g/mol. The molecule has 10 heteroatoms. The van der Waals surface area contributed by atoms with Crippen LogP contribution in [0.4, 0.5) is 0 Å². The zero-order chi connectivity index (χ0) is 26.6. The summed E-state index contributed by atoms with van der Waals surface area (Å²) >= 11 is 1.74. The van der Waals surface area contributed by atoms with E-state index in [0.717, 1.165) is 13.2 Å². The van der Waals surface area contributed by atoms with Crippen molar-refractivity contribution in [1.82, 2.24) is 0 Å². The van der Waals surface area contributed by atoms with Gasteiger partial charge in [0, 0.05) is 13.2 Å². The van der Waals surface area contributed by atoms with E-state index in [4.69, 9.17) is 8.85 Å². The first kappa shape index (κ1) is 41.6. The molecule has 36 heavy (non-hydrogen) atoms. The van der Waals surface area contributed by atoms with E-state index < -0.39 is 32.8 Å². The van der Waals surface area contributed by atoms with Gasteiger partial charge in [-0.15, -0.1) is 0 Å². The third-order valence-corrected chi connectivity index (χ3v) is 14.3. The molecule has 0 aliphatic rings. The summed E-state index contributed by atoms with van der Waals surface area (Å²) in [4.78, 5) is 0. The minimum absolute atomic E-state index is 0. The fourth-order valence-corrected chi connectivity index (χ4v) is 8.99. The quantitative estimate of drug-likeness (QED) is 0.274. The Morgan fingerprint density at radius 3 is 1.14 bits per heavy atom. The van der Waals surface area contributed by atoms with Gasteiger partial charge in [-0.1, -0.05) is 26.2 Å². The Hall–Kier alpha value is 1.17. The van der Waals surface area contributed by atoms with Crippen LogP contribution in [0.15, 0.2) is 48.5 Å². The van der Waals surface area contributed by atoms with Gasteiger partial charge in [-0.05, 0) is 51.4 Å². The first-order valence-electron chi connectivity index (χ1n) is 12.6. The van der Waals surface area contributed by atoms with Crippen LogP contribution in [0, 0.1) is 0 Å². The van der Waals surface area contributed by atoms with Crippen molar-refractivity contribution in [2.75, 3.05) is 13.2 Å². The first-order valence-corrected chi connectivity index (χ1v) is 32.0. The van der Waals surface area contributed by atoms with Gasteiger partial charge in [-0.25, -0.2) is 24.3 Å². The SMILES string of the molecule is C[Si](C)(C)OCC[Si](C)(C)c1ccc[cH-]1.C[Si](C)(C)OCC[Si](C)(C)c1ccc[cH-]1.C[Si](C)=[Zr+2].[Cl-].[Cl-]. The van der Waals surface area contributed by atoms with Crippen molar-refractivity contribution in [3.05, 3.63) is 48.5 Å². The summed E-state index contributed by atoms with van der Waals surface area (Å²) in [6.07, 6.45) is 0. The molecule has 0 aromatic heterocycles. The van der Waals surface area contributed by atoms with E-state index in [1.165, 1.54) is 12.1 Å². The van der Waals surface area contributed by atoms with Crippen LogP contribution in [0.2, 0.25) is 90.7 Å². The first-order chi connectivity index (χ1) is 15.4. The number of hydrogen-bond donors (Lipinski definition) is 0. The number of hydrogen-bond acceptors (Lipinski definition) is 2. The zero-order valence-electron chi connectivity index (χ0n) is 25.0. The van der Waals surface area contributed by atoms with Gasteiger partial charge in [0.1, 0.15) is 0 Å². The maximum atomic E-state index is 5.94. The molecule has 2 nitrogen and oxygen atoms in total. The van der Waals surface area contributed by atoms with Crippen molar-refractivity contribution in [3.63, 3.8) is 0 Å². The topological polar surface area (TPSA) is 18.5 Å². The molecule has 0 aliphatic carbocycles. The summed E-state index contributed by atoms with van der Waals surface area (Å²) in [6, 6.07) is 20.1. The largest absolute Gasteiger partial charge is 1.00 e. The molecule has 0 heterocycles. The molecule has 0 amide bonds. The van der Waals surface area contributed by atoms with Crippen molar-refractivity contribution in [3.8, 4) is 0 Å². The average Bonchev–Trinajstić information content (AvgIpc) is 3.34. The second kappa shape index (κ2) is 19.3. The molecule has 2 rings (SSSR count). The van der Waals surface area contributed by atoms with Crippen molar-refractivity contribution in [2.24, 2.45) is 0 Å². The molecule has 208 valence electrons. The second-order valence-electron chi connectivity index (χ2n) is 12.5. The molecule has 0 unspecified atom stereocenters. The fourth-order valence-electron chi connectivity index (χ4n) is 3.16. The third-order valence-electron chi connectivity index (χ3n) is 5.41. The molecule has 0 N–H and O–H groups in total. The Balaban J connectivity index is -0.000000502. The van der Waals surface area contributed by atoms with Crippen LogP contribution in [-0.2, 0) is 32.2 Å². The van der Waals surface area contributed by atoms with Crippen molar-refractivity contribution < 1.29 is 57.0 Å². The van der Waals surface area contributed by atoms with Gasteiger partial charge in [0.25, 0.3) is 0 Å². The van der Waals surface area contributed by atoms with Crippen molar-refractivity contribution in [2.45, 2.75) is 90.7 Å². The van der Waals surface area contributed by atoms with Crippen LogP contribution in [0.5, 0.6) is 0 Å². The Morgan fingerprint density at radius 1 is 0.667 bits per heavy atom. The molecule has 2 aromatic carbocycles. The summed E-state index contributed by atoms with van der Waals surface area (Å²) in [7, 11) is -5.10. The average molecular weight is 699 g/mol. The Morgan fingerprint density at radius 2 is 0.944 bits per heavy atom. The molecule has 0 radical (unpaired) electrons. The standard InChI is InChI=1S/2C12H23OSi2.C2H6Si.2ClH.Zr/c2*1-14(2,3)13-10-11-15(4,5)12-8-6-7-9-12;1-3-2;;;/h2*6-9H,10-11H2,1-5H3;1-2H3;2*1H;/q2*-1;;;;+2/p-2. The summed E-state index contributed by atoms with van der Waals surface area (Å²) in [5, 5.41) is 3.11. The molecule has 0 fully saturated rings. The van der Waals surface area contributed by atoms with Gasteiger partial charge in [0.2, 0.25) is 0 Å². The van der Waals surface area contributed by atoms with E-state index in [1.807, 2.05) is 0 Å². The van der Waals surface area contributed by atoms with Gasteiger partial charge in [-0.2, -0.15) is 34.6 Å². The van der Waals surface area contributed by atoms with Crippen molar-refractivity contribution in [1.29, 1.82) is 0 Å². The summed E-state index contributed by atoms with van der Waals surface area (Å²) < 4.78 is 11.9. The Kier molecular flexibility index (Phi) is 22.3. The minimum atomic E-state index is -1.32. The molecule has 0 saturated carbocycles. The second-order valence-corrected chi connectivity index (χ2v) is 40.6. The van der Waals surface area contributed by atoms with Crippen LogP contribution in [0.1, 0.15) is 0 Å².